The molecule has 0 aliphatic carbocycles. The smallest absolute Gasteiger partial charge is 0.364 e. The predicted octanol–water partition coefficient (Wildman–Crippen LogP) is 3.45. The molecule has 0 unspecified atom stereocenters. The van der Waals surface area contributed by atoms with Gasteiger partial charge in [0.1, 0.15) is 12.8 Å². The van der Waals surface area contributed by atoms with Gasteiger partial charge in [0, 0.05) is 50.9 Å². The Morgan fingerprint density at radius 1 is 1.23 bits per heavy atom. The standard InChI is InChI=1S/C21H24F3N5O.HI/c1-2-25-20(29-12-10-28(11-13-29)16-19-8-14-30-27-19)26-9-4-6-17-5-3-7-18(15-17)21(22,23)24;/h3,5,7-8,14-15H,2,9-13,16H2,1H3,(H,25,26);1H. The summed E-state index contributed by atoms with van der Waals surface area (Å²) >= 11 is 0. The summed E-state index contributed by atoms with van der Waals surface area (Å²) in [6.45, 7) is 7.03. The second-order valence-electron chi connectivity index (χ2n) is 6.80. The maximum atomic E-state index is 12.8. The van der Waals surface area contributed by atoms with Crippen LogP contribution in [0.1, 0.15) is 23.7 Å². The van der Waals surface area contributed by atoms with Gasteiger partial charge >= 0.3 is 6.18 Å². The third-order valence-corrected chi connectivity index (χ3v) is 4.61. The first kappa shape index (κ1) is 25.0. The molecule has 0 radical (unpaired) electrons. The number of aliphatic imine (C=N–C) groups is 1. The summed E-state index contributed by atoms with van der Waals surface area (Å²) in [5.74, 6) is 6.37. The summed E-state index contributed by atoms with van der Waals surface area (Å²) < 4.78 is 43.2. The van der Waals surface area contributed by atoms with Gasteiger partial charge in [0.2, 0.25) is 0 Å². The molecule has 0 atom stereocenters. The molecule has 0 amide bonds. The highest BCUT2D eigenvalue weighted by atomic mass is 127. The number of piperazine rings is 1. The Hall–Kier alpha value is -2.26. The molecular formula is C21H25F3IN5O. The van der Waals surface area contributed by atoms with Gasteiger partial charge in [-0.15, -0.1) is 24.0 Å². The zero-order valence-electron chi connectivity index (χ0n) is 17.2. The van der Waals surface area contributed by atoms with E-state index < -0.39 is 11.7 Å². The molecular weight excluding hydrogens is 522 g/mol. The van der Waals surface area contributed by atoms with E-state index in [9.17, 15) is 13.2 Å². The van der Waals surface area contributed by atoms with E-state index in [1.807, 2.05) is 13.0 Å². The molecule has 31 heavy (non-hydrogen) atoms. The van der Waals surface area contributed by atoms with Gasteiger partial charge < -0.3 is 14.7 Å². The predicted molar refractivity (Wildman–Crippen MR) is 123 cm³/mol. The number of hydrogen-bond donors (Lipinski definition) is 1. The van der Waals surface area contributed by atoms with Crippen molar-refractivity contribution < 1.29 is 17.7 Å². The highest BCUT2D eigenvalue weighted by molar-refractivity contribution is 14.0. The van der Waals surface area contributed by atoms with Gasteiger partial charge in [-0.05, 0) is 25.1 Å². The van der Waals surface area contributed by atoms with Gasteiger partial charge in [0.25, 0.3) is 0 Å². The largest absolute Gasteiger partial charge is 0.416 e. The first-order valence-electron chi connectivity index (χ1n) is 9.76. The molecule has 10 heteroatoms. The summed E-state index contributed by atoms with van der Waals surface area (Å²) in [5.41, 5.74) is 0.537. The van der Waals surface area contributed by atoms with Crippen LogP contribution in [-0.4, -0.2) is 60.2 Å². The van der Waals surface area contributed by atoms with Crippen molar-refractivity contribution in [2.45, 2.75) is 19.6 Å². The molecule has 1 aromatic carbocycles. The lowest BCUT2D eigenvalue weighted by Gasteiger charge is -2.36. The van der Waals surface area contributed by atoms with Gasteiger partial charge in [-0.2, -0.15) is 13.2 Å². The monoisotopic (exact) mass is 547 g/mol. The fourth-order valence-corrected chi connectivity index (χ4v) is 3.12. The van der Waals surface area contributed by atoms with Crippen molar-refractivity contribution in [3.8, 4) is 11.8 Å². The van der Waals surface area contributed by atoms with Crippen LogP contribution in [0.4, 0.5) is 13.2 Å². The molecule has 0 spiro atoms. The molecule has 1 saturated heterocycles. The Bertz CT molecular complexity index is 898. The molecule has 1 aliphatic heterocycles. The zero-order valence-corrected chi connectivity index (χ0v) is 19.5. The SMILES string of the molecule is CCNC(=NCC#Cc1cccc(C(F)(F)F)c1)N1CCN(Cc2ccon2)CC1.I. The molecule has 0 bridgehead atoms. The van der Waals surface area contributed by atoms with Crippen LogP contribution in [0.5, 0.6) is 0 Å². The molecule has 1 aromatic heterocycles. The number of hydrogen-bond acceptors (Lipinski definition) is 4. The average molecular weight is 547 g/mol. The maximum absolute atomic E-state index is 12.8. The summed E-state index contributed by atoms with van der Waals surface area (Å²) in [6.07, 6.45) is -2.80. The minimum absolute atomic E-state index is 0. The van der Waals surface area contributed by atoms with Crippen LogP contribution in [0, 0.1) is 11.8 Å². The number of rotatable bonds is 4. The lowest BCUT2D eigenvalue weighted by molar-refractivity contribution is -0.137. The van der Waals surface area contributed by atoms with Gasteiger partial charge in [-0.1, -0.05) is 23.1 Å². The normalized spacial score (nSPS) is 15.1. The Balaban J connectivity index is 0.00000341. The van der Waals surface area contributed by atoms with E-state index in [1.165, 1.54) is 6.07 Å². The molecule has 6 nitrogen and oxygen atoms in total. The molecule has 3 rings (SSSR count). The van der Waals surface area contributed by atoms with Crippen LogP contribution in [0.15, 0.2) is 46.1 Å². The third kappa shape index (κ3) is 7.74. The van der Waals surface area contributed by atoms with Gasteiger partial charge in [-0.25, -0.2) is 4.99 Å². The summed E-state index contributed by atoms with van der Waals surface area (Å²) in [6, 6.07) is 6.87. The summed E-state index contributed by atoms with van der Waals surface area (Å²) in [4.78, 5) is 8.97. The average Bonchev–Trinajstić information content (AvgIpc) is 3.24. The van der Waals surface area contributed by atoms with Crippen molar-refractivity contribution in [3.05, 3.63) is 53.4 Å². The number of halogens is 4. The fourth-order valence-electron chi connectivity index (χ4n) is 3.12. The number of aromatic nitrogens is 1. The molecule has 2 aromatic rings. The number of nitrogens with zero attached hydrogens (tertiary/aromatic N) is 4. The molecule has 1 aliphatic rings. The van der Waals surface area contributed by atoms with Crippen LogP contribution in [-0.2, 0) is 12.7 Å². The number of benzene rings is 1. The summed E-state index contributed by atoms with van der Waals surface area (Å²) in [7, 11) is 0. The number of alkyl halides is 3. The number of nitrogens with one attached hydrogen (secondary N) is 1. The van der Waals surface area contributed by atoms with Crippen LogP contribution in [0.2, 0.25) is 0 Å². The molecule has 0 saturated carbocycles. The van der Waals surface area contributed by atoms with Crippen molar-refractivity contribution >= 4 is 29.9 Å². The van der Waals surface area contributed by atoms with E-state index in [0.717, 1.165) is 63.1 Å². The highest BCUT2D eigenvalue weighted by Gasteiger charge is 2.30. The van der Waals surface area contributed by atoms with Crippen molar-refractivity contribution in [2.75, 3.05) is 39.3 Å². The molecule has 1 fully saturated rings. The van der Waals surface area contributed by atoms with Crippen LogP contribution in [0.25, 0.3) is 0 Å². The minimum atomic E-state index is -4.37. The van der Waals surface area contributed by atoms with E-state index in [2.05, 4.69) is 37.1 Å². The van der Waals surface area contributed by atoms with Crippen LogP contribution in [0.3, 0.4) is 0 Å². The van der Waals surface area contributed by atoms with Crippen molar-refractivity contribution in [2.24, 2.45) is 4.99 Å². The Labute approximate surface area is 196 Å². The van der Waals surface area contributed by atoms with Gasteiger partial charge in [-0.3, -0.25) is 4.90 Å². The van der Waals surface area contributed by atoms with E-state index >= 15 is 0 Å². The van der Waals surface area contributed by atoms with Gasteiger partial charge in [0.05, 0.1) is 11.3 Å². The van der Waals surface area contributed by atoms with E-state index in [1.54, 1.807) is 12.3 Å². The van der Waals surface area contributed by atoms with Crippen molar-refractivity contribution in [1.29, 1.82) is 0 Å². The number of guanidine groups is 1. The fraction of sp³-hybridized carbons (Fsp3) is 0.429. The van der Waals surface area contributed by atoms with Crippen LogP contribution >= 0.6 is 24.0 Å². The van der Waals surface area contributed by atoms with Crippen molar-refractivity contribution in [3.63, 3.8) is 0 Å². The molecule has 1 N–H and O–H groups in total. The second-order valence-corrected chi connectivity index (χ2v) is 6.80. The minimum Gasteiger partial charge on any atom is -0.364 e. The third-order valence-electron chi connectivity index (χ3n) is 4.61. The Kier molecular flexibility index (Phi) is 9.64. The quantitative estimate of drug-likeness (QED) is 0.275. The topological polar surface area (TPSA) is 56.9 Å². The lowest BCUT2D eigenvalue weighted by Crippen LogP contribution is -2.52. The summed E-state index contributed by atoms with van der Waals surface area (Å²) in [5, 5.41) is 7.20. The highest BCUT2D eigenvalue weighted by Crippen LogP contribution is 2.29. The zero-order chi connectivity index (χ0) is 21.4. The first-order valence-corrected chi connectivity index (χ1v) is 9.76. The second kappa shape index (κ2) is 12.0. The van der Waals surface area contributed by atoms with Crippen molar-refractivity contribution in [1.82, 2.24) is 20.3 Å². The van der Waals surface area contributed by atoms with E-state index in [0.29, 0.717) is 5.56 Å². The maximum Gasteiger partial charge on any atom is 0.416 e. The van der Waals surface area contributed by atoms with Crippen LogP contribution < -0.4 is 5.32 Å². The van der Waals surface area contributed by atoms with E-state index in [4.69, 9.17) is 4.52 Å². The van der Waals surface area contributed by atoms with E-state index in [-0.39, 0.29) is 30.5 Å². The molecule has 2 heterocycles. The van der Waals surface area contributed by atoms with Gasteiger partial charge in [0.15, 0.2) is 5.96 Å². The lowest BCUT2D eigenvalue weighted by atomic mass is 10.1. The Morgan fingerprint density at radius 2 is 2.00 bits per heavy atom. The first-order chi connectivity index (χ1) is 14.5. The molecule has 168 valence electrons. The Morgan fingerprint density at radius 3 is 2.65 bits per heavy atom.